The molecule has 0 radical (unpaired) electrons. The molecule has 0 aliphatic rings. The van der Waals surface area contributed by atoms with Crippen LogP contribution in [0.4, 0.5) is 0 Å². The number of amides is 3. The van der Waals surface area contributed by atoms with Gasteiger partial charge in [0, 0.05) is 24.1 Å². The van der Waals surface area contributed by atoms with Crippen LogP contribution in [0.2, 0.25) is 0 Å². The van der Waals surface area contributed by atoms with E-state index < -0.39 is 17.9 Å². The number of aromatic nitrogens is 3. The van der Waals surface area contributed by atoms with Crippen molar-refractivity contribution in [3.8, 4) is 22.7 Å². The van der Waals surface area contributed by atoms with Crippen LogP contribution < -0.4 is 16.4 Å². The molecule has 1 atom stereocenters. The van der Waals surface area contributed by atoms with E-state index in [4.69, 9.17) is 14.9 Å². The van der Waals surface area contributed by atoms with Gasteiger partial charge in [-0.2, -0.15) is 5.10 Å². The number of primary amides is 1. The lowest BCUT2D eigenvalue weighted by Crippen LogP contribution is -2.45. The Labute approximate surface area is 252 Å². The van der Waals surface area contributed by atoms with Crippen molar-refractivity contribution in [2.24, 2.45) is 11.7 Å². The summed E-state index contributed by atoms with van der Waals surface area (Å²) in [5, 5.41) is 12.6. The molecule has 0 unspecified atom stereocenters. The Morgan fingerprint density at radius 3 is 2.21 bits per heavy atom. The molecule has 12 heteroatoms. The summed E-state index contributed by atoms with van der Waals surface area (Å²) in [5.41, 5.74) is 7.44. The van der Waals surface area contributed by atoms with E-state index in [0.717, 1.165) is 18.4 Å². The number of hydrogen-bond donors (Lipinski definition) is 4. The third-order valence-electron chi connectivity index (χ3n) is 6.09. The Morgan fingerprint density at radius 1 is 1.02 bits per heavy atom. The second kappa shape index (κ2) is 15.7. The van der Waals surface area contributed by atoms with E-state index in [2.05, 4.69) is 25.8 Å². The third-order valence-corrected chi connectivity index (χ3v) is 6.09. The van der Waals surface area contributed by atoms with Gasteiger partial charge in [-0.05, 0) is 64.2 Å². The zero-order valence-electron chi connectivity index (χ0n) is 26.2. The van der Waals surface area contributed by atoms with Crippen molar-refractivity contribution in [3.05, 3.63) is 48.0 Å². The molecule has 12 nitrogen and oxygen atoms in total. The van der Waals surface area contributed by atoms with Crippen LogP contribution in [0, 0.1) is 5.92 Å². The molecule has 0 aliphatic carbocycles. The van der Waals surface area contributed by atoms with Crippen molar-refractivity contribution in [2.45, 2.75) is 92.3 Å². The second-order valence-electron chi connectivity index (χ2n) is 11.5. The van der Waals surface area contributed by atoms with Gasteiger partial charge in [0.2, 0.25) is 17.6 Å². The number of nitrogens with one attached hydrogen (secondary N) is 3. The van der Waals surface area contributed by atoms with Crippen molar-refractivity contribution >= 4 is 23.7 Å². The molecule has 43 heavy (non-hydrogen) atoms. The van der Waals surface area contributed by atoms with E-state index in [0.29, 0.717) is 23.4 Å². The Bertz CT molecular complexity index is 1380. The summed E-state index contributed by atoms with van der Waals surface area (Å²) >= 11 is 0. The molecule has 2 aromatic heterocycles. The SMILES string of the molecule is CC(=O)OC(C)(C)C.CCC(CC)NC(=O)c1cc(-c2cccc(-c3ncc(C(=O)N[C@@H](CC(C)C)C(N)=O)o3)c2)[nH]n1. The van der Waals surface area contributed by atoms with Crippen LogP contribution in [0.5, 0.6) is 0 Å². The predicted octanol–water partition coefficient (Wildman–Crippen LogP) is 4.63. The standard InChI is InChI=1S/C25H32N6O4.C6H12O2/c1-5-17(6-2)28-23(33)20-12-18(30-31-20)15-8-7-9-16(11-15)25-27-13-21(35-25)24(34)29-19(22(26)32)10-14(3)4;1-5(7)8-6(2,3)4/h7-9,11-14,17,19H,5-6,10H2,1-4H3,(H2,26,32)(H,28,33)(H,29,34)(H,30,31);1-4H3/t19-;/m0./s1. The van der Waals surface area contributed by atoms with Gasteiger partial charge in [-0.25, -0.2) is 4.98 Å². The molecule has 234 valence electrons. The van der Waals surface area contributed by atoms with Crippen LogP contribution in [0.1, 0.15) is 95.7 Å². The average molecular weight is 597 g/mol. The van der Waals surface area contributed by atoms with Crippen molar-refractivity contribution in [1.29, 1.82) is 0 Å². The number of ether oxygens (including phenoxy) is 1. The highest BCUT2D eigenvalue weighted by molar-refractivity contribution is 5.95. The highest BCUT2D eigenvalue weighted by atomic mass is 16.6. The number of benzene rings is 1. The van der Waals surface area contributed by atoms with Gasteiger partial charge in [-0.3, -0.25) is 24.3 Å². The van der Waals surface area contributed by atoms with Crippen LogP contribution in [0.15, 0.2) is 40.9 Å². The minimum atomic E-state index is -0.795. The second-order valence-corrected chi connectivity index (χ2v) is 11.5. The van der Waals surface area contributed by atoms with E-state index in [1.807, 2.05) is 66.7 Å². The molecule has 5 N–H and O–H groups in total. The number of nitrogens with two attached hydrogens (primary N) is 1. The Morgan fingerprint density at radius 2 is 1.67 bits per heavy atom. The van der Waals surface area contributed by atoms with E-state index in [-0.39, 0.29) is 41.1 Å². The fraction of sp³-hybridized carbons (Fsp3) is 0.484. The summed E-state index contributed by atoms with van der Waals surface area (Å²) in [6.07, 6.45) is 3.42. The molecule has 1 aromatic carbocycles. The normalized spacial score (nSPS) is 11.9. The van der Waals surface area contributed by atoms with Gasteiger partial charge in [0.1, 0.15) is 11.6 Å². The van der Waals surface area contributed by atoms with Crippen LogP contribution in [-0.2, 0) is 14.3 Å². The molecule has 0 saturated heterocycles. The largest absolute Gasteiger partial charge is 0.460 e. The molecule has 2 heterocycles. The first-order valence-corrected chi connectivity index (χ1v) is 14.4. The molecule has 0 fully saturated rings. The number of rotatable bonds is 11. The number of nitrogens with zero attached hydrogens (tertiary/aromatic N) is 2. The lowest BCUT2D eigenvalue weighted by atomic mass is 10.0. The predicted molar refractivity (Wildman–Crippen MR) is 163 cm³/mol. The van der Waals surface area contributed by atoms with Gasteiger partial charge in [-0.15, -0.1) is 0 Å². The van der Waals surface area contributed by atoms with Crippen LogP contribution in [0.3, 0.4) is 0 Å². The van der Waals surface area contributed by atoms with Crippen molar-refractivity contribution in [1.82, 2.24) is 25.8 Å². The fourth-order valence-electron chi connectivity index (χ4n) is 4.05. The maximum Gasteiger partial charge on any atom is 0.303 e. The summed E-state index contributed by atoms with van der Waals surface area (Å²) in [6.45, 7) is 14.8. The van der Waals surface area contributed by atoms with Crippen molar-refractivity contribution in [2.75, 3.05) is 0 Å². The molecule has 0 spiro atoms. The first-order valence-electron chi connectivity index (χ1n) is 14.4. The van der Waals surface area contributed by atoms with E-state index in [1.54, 1.807) is 12.1 Å². The van der Waals surface area contributed by atoms with Gasteiger partial charge < -0.3 is 25.5 Å². The maximum absolute atomic E-state index is 12.6. The molecule has 0 bridgehead atoms. The lowest BCUT2D eigenvalue weighted by molar-refractivity contribution is -0.151. The van der Waals surface area contributed by atoms with Crippen LogP contribution in [0.25, 0.3) is 22.7 Å². The molecule has 0 saturated carbocycles. The fourth-order valence-corrected chi connectivity index (χ4v) is 4.05. The number of oxazole rings is 1. The van der Waals surface area contributed by atoms with Crippen LogP contribution in [-0.4, -0.2) is 56.6 Å². The highest BCUT2D eigenvalue weighted by Crippen LogP contribution is 2.26. The molecule has 3 rings (SSSR count). The van der Waals surface area contributed by atoms with Gasteiger partial charge in [-0.1, -0.05) is 39.8 Å². The number of aromatic amines is 1. The third kappa shape index (κ3) is 11.4. The van der Waals surface area contributed by atoms with Gasteiger partial charge in [0.15, 0.2) is 5.69 Å². The Balaban J connectivity index is 0.000000708. The van der Waals surface area contributed by atoms with E-state index >= 15 is 0 Å². The zero-order valence-corrected chi connectivity index (χ0v) is 26.2. The van der Waals surface area contributed by atoms with E-state index in [9.17, 15) is 19.2 Å². The Kier molecular flexibility index (Phi) is 12.6. The topological polar surface area (TPSA) is 182 Å². The number of H-pyrrole nitrogens is 1. The van der Waals surface area contributed by atoms with Crippen molar-refractivity contribution < 1.29 is 28.3 Å². The van der Waals surface area contributed by atoms with Gasteiger partial charge >= 0.3 is 5.97 Å². The number of carbonyl (C=O) groups is 4. The number of carbonyl (C=O) groups excluding carboxylic acids is 4. The minimum Gasteiger partial charge on any atom is -0.460 e. The number of hydrogen-bond acceptors (Lipinski definition) is 8. The molecular formula is C31H44N6O6. The Hall–Kier alpha value is -4.48. The first kappa shape index (κ1) is 34.7. The molecule has 3 aromatic rings. The highest BCUT2D eigenvalue weighted by Gasteiger charge is 2.23. The summed E-state index contributed by atoms with van der Waals surface area (Å²) in [4.78, 5) is 51.1. The summed E-state index contributed by atoms with van der Waals surface area (Å²) in [6, 6.07) is 8.27. The molecule has 3 amide bonds. The molecular weight excluding hydrogens is 552 g/mol. The maximum atomic E-state index is 12.6. The monoisotopic (exact) mass is 596 g/mol. The zero-order chi connectivity index (χ0) is 32.3. The summed E-state index contributed by atoms with van der Waals surface area (Å²) < 4.78 is 10.5. The smallest absolute Gasteiger partial charge is 0.303 e. The van der Waals surface area contributed by atoms with Gasteiger partial charge in [0.05, 0.1) is 11.9 Å². The summed E-state index contributed by atoms with van der Waals surface area (Å²) in [7, 11) is 0. The van der Waals surface area contributed by atoms with E-state index in [1.165, 1.54) is 13.1 Å². The first-order chi connectivity index (χ1) is 20.1. The van der Waals surface area contributed by atoms with Crippen molar-refractivity contribution in [3.63, 3.8) is 0 Å². The molecule has 0 aliphatic heterocycles. The lowest BCUT2D eigenvalue weighted by Gasteiger charge is -2.17. The average Bonchev–Trinajstić information content (AvgIpc) is 3.61. The van der Waals surface area contributed by atoms with Gasteiger partial charge in [0.25, 0.3) is 11.8 Å². The quantitative estimate of drug-likeness (QED) is 0.231. The minimum absolute atomic E-state index is 0.0256. The summed E-state index contributed by atoms with van der Waals surface area (Å²) in [5.74, 6) is -1.23. The van der Waals surface area contributed by atoms with Crippen LogP contribution >= 0.6 is 0 Å². The number of esters is 1.